The largest absolute Gasteiger partial charge is 0.493 e. The molecular weight excluding hydrogens is 281 g/mol. The van der Waals surface area contributed by atoms with E-state index in [-0.39, 0.29) is 5.02 Å². The molecule has 0 fully saturated rings. The Bertz CT molecular complexity index is 604. The van der Waals surface area contributed by atoms with E-state index < -0.39 is 5.82 Å². The van der Waals surface area contributed by atoms with Gasteiger partial charge >= 0.3 is 0 Å². The molecule has 5 heteroatoms. The highest BCUT2D eigenvalue weighted by Gasteiger charge is 2.07. The van der Waals surface area contributed by atoms with Gasteiger partial charge in [-0.3, -0.25) is 0 Å². The van der Waals surface area contributed by atoms with Crippen molar-refractivity contribution in [2.24, 2.45) is 0 Å². The molecule has 0 saturated carbocycles. The number of hydrogen-bond acceptors (Lipinski definition) is 3. The van der Waals surface area contributed by atoms with E-state index in [1.54, 1.807) is 26.4 Å². The maximum absolute atomic E-state index is 13.7. The molecule has 0 radical (unpaired) electrons. The van der Waals surface area contributed by atoms with Crippen molar-refractivity contribution in [1.82, 2.24) is 0 Å². The Morgan fingerprint density at radius 2 is 1.85 bits per heavy atom. The fourth-order valence-electron chi connectivity index (χ4n) is 1.83. The average Bonchev–Trinajstić information content (AvgIpc) is 2.48. The van der Waals surface area contributed by atoms with Gasteiger partial charge in [0.15, 0.2) is 17.3 Å². The van der Waals surface area contributed by atoms with Crippen molar-refractivity contribution in [3.05, 3.63) is 52.8 Å². The molecule has 0 saturated heterocycles. The second-order valence-corrected chi connectivity index (χ2v) is 4.55. The van der Waals surface area contributed by atoms with Crippen LogP contribution in [0.5, 0.6) is 11.5 Å². The molecule has 0 heterocycles. The summed E-state index contributed by atoms with van der Waals surface area (Å²) >= 11 is 5.73. The monoisotopic (exact) mass is 295 g/mol. The summed E-state index contributed by atoms with van der Waals surface area (Å²) < 4.78 is 24.1. The molecule has 3 nitrogen and oxygen atoms in total. The van der Waals surface area contributed by atoms with Gasteiger partial charge in [-0.05, 0) is 29.8 Å². The topological polar surface area (TPSA) is 30.5 Å². The lowest BCUT2D eigenvalue weighted by molar-refractivity contribution is 0.354. The van der Waals surface area contributed by atoms with Gasteiger partial charge in [0, 0.05) is 6.54 Å². The number of ether oxygens (including phenoxy) is 2. The van der Waals surface area contributed by atoms with Crippen molar-refractivity contribution in [2.75, 3.05) is 19.5 Å². The van der Waals surface area contributed by atoms with Gasteiger partial charge < -0.3 is 14.8 Å². The fraction of sp³-hybridized carbons (Fsp3) is 0.200. The van der Waals surface area contributed by atoms with Crippen LogP contribution in [0.4, 0.5) is 10.1 Å². The number of methoxy groups -OCH3 is 2. The third-order valence-electron chi connectivity index (χ3n) is 2.88. The lowest BCUT2D eigenvalue weighted by Crippen LogP contribution is -2.02. The van der Waals surface area contributed by atoms with Crippen LogP contribution in [0.2, 0.25) is 5.02 Å². The molecular formula is C15H15ClFNO2. The minimum absolute atomic E-state index is 0.0994. The number of hydrogen-bond donors (Lipinski definition) is 1. The predicted octanol–water partition coefficient (Wildman–Crippen LogP) is 4.11. The van der Waals surface area contributed by atoms with Gasteiger partial charge in [0.05, 0.1) is 24.9 Å². The van der Waals surface area contributed by atoms with E-state index >= 15 is 0 Å². The van der Waals surface area contributed by atoms with Crippen molar-refractivity contribution in [2.45, 2.75) is 6.54 Å². The van der Waals surface area contributed by atoms with Crippen molar-refractivity contribution in [3.63, 3.8) is 0 Å². The van der Waals surface area contributed by atoms with E-state index in [0.29, 0.717) is 23.7 Å². The minimum atomic E-state index is -0.449. The number of halogens is 2. The van der Waals surface area contributed by atoms with Crippen LogP contribution in [0.3, 0.4) is 0 Å². The van der Waals surface area contributed by atoms with Gasteiger partial charge in [-0.2, -0.15) is 0 Å². The second-order valence-electron chi connectivity index (χ2n) is 4.14. The van der Waals surface area contributed by atoms with Crippen LogP contribution in [-0.2, 0) is 6.54 Å². The summed E-state index contributed by atoms with van der Waals surface area (Å²) in [5.74, 6) is 0.846. The minimum Gasteiger partial charge on any atom is -0.493 e. The van der Waals surface area contributed by atoms with E-state index in [1.165, 1.54) is 6.07 Å². The molecule has 2 aromatic carbocycles. The molecule has 0 atom stereocenters. The standard InChI is InChI=1S/C15H15ClFNO2/c1-19-13-7-6-10(8-14(13)20-2)9-18-12-5-3-4-11(16)15(12)17/h3-8,18H,9H2,1-2H3. The van der Waals surface area contributed by atoms with Crippen LogP contribution in [0.25, 0.3) is 0 Å². The van der Waals surface area contributed by atoms with Crippen molar-refractivity contribution in [3.8, 4) is 11.5 Å². The number of nitrogens with one attached hydrogen (secondary N) is 1. The first-order valence-electron chi connectivity index (χ1n) is 6.04. The SMILES string of the molecule is COc1ccc(CNc2cccc(Cl)c2F)cc1OC. The molecule has 2 rings (SSSR count). The Labute approximate surface area is 122 Å². The Morgan fingerprint density at radius 1 is 1.10 bits per heavy atom. The van der Waals surface area contributed by atoms with E-state index in [4.69, 9.17) is 21.1 Å². The smallest absolute Gasteiger partial charge is 0.164 e. The molecule has 0 spiro atoms. The van der Waals surface area contributed by atoms with Gasteiger partial charge in [0.25, 0.3) is 0 Å². The molecule has 0 aliphatic carbocycles. The second kappa shape index (κ2) is 6.48. The first kappa shape index (κ1) is 14.5. The molecule has 2 aromatic rings. The lowest BCUT2D eigenvalue weighted by Gasteiger charge is -2.11. The lowest BCUT2D eigenvalue weighted by atomic mass is 10.2. The predicted molar refractivity (Wildman–Crippen MR) is 78.3 cm³/mol. The Balaban J connectivity index is 2.13. The summed E-state index contributed by atoms with van der Waals surface area (Å²) in [5, 5.41) is 3.10. The third-order valence-corrected chi connectivity index (χ3v) is 3.17. The van der Waals surface area contributed by atoms with Crippen LogP contribution >= 0.6 is 11.6 Å². The van der Waals surface area contributed by atoms with Crippen molar-refractivity contribution >= 4 is 17.3 Å². The summed E-state index contributed by atoms with van der Waals surface area (Å²) in [6.45, 7) is 0.456. The van der Waals surface area contributed by atoms with Crippen LogP contribution < -0.4 is 14.8 Å². The third kappa shape index (κ3) is 3.14. The molecule has 106 valence electrons. The summed E-state index contributed by atoms with van der Waals surface area (Å²) in [6, 6.07) is 10.4. The maximum Gasteiger partial charge on any atom is 0.164 e. The molecule has 0 amide bonds. The van der Waals surface area contributed by atoms with E-state index in [9.17, 15) is 4.39 Å². The molecule has 0 aliphatic rings. The molecule has 0 aromatic heterocycles. The van der Waals surface area contributed by atoms with Gasteiger partial charge in [-0.25, -0.2) is 4.39 Å². The Morgan fingerprint density at radius 3 is 2.55 bits per heavy atom. The summed E-state index contributed by atoms with van der Waals surface area (Å²) in [6.07, 6.45) is 0. The van der Waals surface area contributed by atoms with E-state index in [2.05, 4.69) is 5.32 Å². The molecule has 1 N–H and O–H groups in total. The summed E-state index contributed by atoms with van der Waals surface area (Å²) in [7, 11) is 3.16. The maximum atomic E-state index is 13.7. The number of rotatable bonds is 5. The first-order valence-corrected chi connectivity index (χ1v) is 6.42. The zero-order chi connectivity index (χ0) is 14.5. The number of anilines is 1. The first-order chi connectivity index (χ1) is 9.65. The van der Waals surface area contributed by atoms with Gasteiger partial charge in [0.1, 0.15) is 0 Å². The van der Waals surface area contributed by atoms with E-state index in [1.807, 2.05) is 18.2 Å². The zero-order valence-corrected chi connectivity index (χ0v) is 12.0. The highest BCUT2D eigenvalue weighted by Crippen LogP contribution is 2.28. The van der Waals surface area contributed by atoms with Crippen LogP contribution in [0.1, 0.15) is 5.56 Å². The quantitative estimate of drug-likeness (QED) is 0.900. The molecule has 0 aliphatic heterocycles. The van der Waals surface area contributed by atoms with Gasteiger partial charge in [0.2, 0.25) is 0 Å². The van der Waals surface area contributed by atoms with Crippen LogP contribution in [0, 0.1) is 5.82 Å². The zero-order valence-electron chi connectivity index (χ0n) is 11.2. The van der Waals surface area contributed by atoms with E-state index in [0.717, 1.165) is 5.56 Å². The van der Waals surface area contributed by atoms with Gasteiger partial charge in [-0.15, -0.1) is 0 Å². The van der Waals surface area contributed by atoms with Crippen molar-refractivity contribution in [1.29, 1.82) is 0 Å². The summed E-state index contributed by atoms with van der Waals surface area (Å²) in [4.78, 5) is 0. The van der Waals surface area contributed by atoms with Crippen LogP contribution in [0.15, 0.2) is 36.4 Å². The summed E-state index contributed by atoms with van der Waals surface area (Å²) in [5.41, 5.74) is 1.31. The molecule has 0 unspecified atom stereocenters. The molecule has 0 bridgehead atoms. The van der Waals surface area contributed by atoms with Crippen LogP contribution in [-0.4, -0.2) is 14.2 Å². The fourth-order valence-corrected chi connectivity index (χ4v) is 2.00. The normalized spacial score (nSPS) is 10.2. The molecule has 20 heavy (non-hydrogen) atoms. The number of benzene rings is 2. The highest BCUT2D eigenvalue weighted by molar-refractivity contribution is 6.31. The Hall–Kier alpha value is -1.94. The average molecular weight is 296 g/mol. The highest BCUT2D eigenvalue weighted by atomic mass is 35.5. The van der Waals surface area contributed by atoms with Crippen molar-refractivity contribution < 1.29 is 13.9 Å². The van der Waals surface area contributed by atoms with Gasteiger partial charge in [-0.1, -0.05) is 23.7 Å². The Kier molecular flexibility index (Phi) is 4.69.